The Morgan fingerprint density at radius 3 is 2.42 bits per heavy atom. The summed E-state index contributed by atoms with van der Waals surface area (Å²) in [6, 6.07) is 14.0. The van der Waals surface area contributed by atoms with Crippen LogP contribution in [0.5, 0.6) is 5.75 Å². The average Bonchev–Trinajstić information content (AvgIpc) is 2.65. The molecule has 0 saturated heterocycles. The molecule has 0 aliphatic heterocycles. The maximum Gasteiger partial charge on any atom is 0.306 e. The van der Waals surface area contributed by atoms with Crippen LogP contribution < -0.4 is 4.74 Å². The number of hydrogen-bond donors (Lipinski definition) is 0. The number of nitrogens with zero attached hydrogens (tertiary/aromatic N) is 1. The van der Waals surface area contributed by atoms with E-state index in [1.807, 2.05) is 30.3 Å². The van der Waals surface area contributed by atoms with E-state index in [4.69, 9.17) is 4.74 Å². The molecule has 0 atom stereocenters. The van der Waals surface area contributed by atoms with Crippen molar-refractivity contribution >= 4 is 31.9 Å². The molecule has 0 saturated carbocycles. The minimum Gasteiger partial charge on any atom is -0.495 e. The Hall–Kier alpha value is -1.90. The van der Waals surface area contributed by atoms with Crippen molar-refractivity contribution in [2.75, 3.05) is 20.8 Å². The van der Waals surface area contributed by atoms with Gasteiger partial charge in [-0.25, -0.2) is 8.42 Å². The summed E-state index contributed by atoms with van der Waals surface area (Å²) < 4.78 is 38.2. The molecule has 0 aliphatic carbocycles. The van der Waals surface area contributed by atoms with Crippen molar-refractivity contribution in [3.63, 3.8) is 0 Å². The van der Waals surface area contributed by atoms with Crippen LogP contribution in [-0.2, 0) is 26.1 Å². The third-order valence-corrected chi connectivity index (χ3v) is 6.10. The van der Waals surface area contributed by atoms with Gasteiger partial charge in [-0.3, -0.25) is 4.79 Å². The summed E-state index contributed by atoms with van der Waals surface area (Å²) in [5.41, 5.74) is 0.815. The third-order valence-electron chi connectivity index (χ3n) is 3.74. The summed E-state index contributed by atoms with van der Waals surface area (Å²) in [4.78, 5) is 11.6. The first-order valence-corrected chi connectivity index (χ1v) is 10.1. The first kappa shape index (κ1) is 20.4. The van der Waals surface area contributed by atoms with Crippen LogP contribution in [0.3, 0.4) is 0 Å². The van der Waals surface area contributed by atoms with Crippen LogP contribution in [0, 0.1) is 0 Å². The number of sulfonamides is 1. The standard InChI is InChI=1S/C18H20BrNO5S/c1-24-16-9-8-15(19)12-17(16)26(22,23)20(11-10-18(21)25-2)13-14-6-4-3-5-7-14/h3-9,12H,10-11,13H2,1-2H3. The fraction of sp³-hybridized carbons (Fsp3) is 0.278. The number of methoxy groups -OCH3 is 2. The molecule has 8 heteroatoms. The van der Waals surface area contributed by atoms with Crippen molar-refractivity contribution < 1.29 is 22.7 Å². The number of benzene rings is 2. The van der Waals surface area contributed by atoms with E-state index < -0.39 is 16.0 Å². The average molecular weight is 442 g/mol. The van der Waals surface area contributed by atoms with Crippen LogP contribution in [0.15, 0.2) is 57.9 Å². The predicted molar refractivity (Wildman–Crippen MR) is 101 cm³/mol. The van der Waals surface area contributed by atoms with E-state index in [2.05, 4.69) is 20.7 Å². The normalized spacial score (nSPS) is 11.4. The largest absolute Gasteiger partial charge is 0.495 e. The van der Waals surface area contributed by atoms with Gasteiger partial charge in [0.1, 0.15) is 10.6 Å². The van der Waals surface area contributed by atoms with E-state index in [9.17, 15) is 13.2 Å². The van der Waals surface area contributed by atoms with E-state index in [0.717, 1.165) is 5.56 Å². The number of ether oxygens (including phenoxy) is 2. The maximum absolute atomic E-state index is 13.2. The second-order valence-electron chi connectivity index (χ2n) is 5.45. The van der Waals surface area contributed by atoms with Crippen LogP contribution in [-0.4, -0.2) is 39.5 Å². The zero-order valence-corrected chi connectivity index (χ0v) is 16.9. The topological polar surface area (TPSA) is 72.9 Å². The van der Waals surface area contributed by atoms with Gasteiger partial charge in [0.15, 0.2) is 0 Å². The van der Waals surface area contributed by atoms with Crippen LogP contribution in [0.2, 0.25) is 0 Å². The van der Waals surface area contributed by atoms with Crippen LogP contribution in [0.25, 0.3) is 0 Å². The Bertz CT molecular complexity index is 855. The van der Waals surface area contributed by atoms with E-state index in [1.54, 1.807) is 12.1 Å². The number of rotatable bonds is 8. The molecule has 0 aliphatic rings. The van der Waals surface area contributed by atoms with Crippen molar-refractivity contribution in [2.24, 2.45) is 0 Å². The van der Waals surface area contributed by atoms with Crippen molar-refractivity contribution in [3.8, 4) is 5.75 Å². The lowest BCUT2D eigenvalue weighted by Gasteiger charge is -2.23. The summed E-state index contributed by atoms with van der Waals surface area (Å²) in [6.07, 6.45) is -0.0428. The molecule has 0 N–H and O–H groups in total. The molecule has 0 bridgehead atoms. The number of esters is 1. The van der Waals surface area contributed by atoms with Gasteiger partial charge in [0, 0.05) is 17.6 Å². The minimum atomic E-state index is -3.90. The minimum absolute atomic E-state index is 0.000428. The highest BCUT2D eigenvalue weighted by Gasteiger charge is 2.28. The van der Waals surface area contributed by atoms with Crippen molar-refractivity contribution in [3.05, 3.63) is 58.6 Å². The van der Waals surface area contributed by atoms with Crippen LogP contribution >= 0.6 is 15.9 Å². The molecule has 2 rings (SSSR count). The summed E-state index contributed by atoms with van der Waals surface area (Å²) >= 11 is 3.29. The van der Waals surface area contributed by atoms with Gasteiger partial charge in [0.25, 0.3) is 0 Å². The monoisotopic (exact) mass is 441 g/mol. The number of carbonyl (C=O) groups is 1. The molecule has 0 radical (unpaired) electrons. The number of carbonyl (C=O) groups excluding carboxylic acids is 1. The van der Waals surface area contributed by atoms with Gasteiger partial charge in [-0.05, 0) is 23.8 Å². The molecule has 0 aromatic heterocycles. The Morgan fingerprint density at radius 2 is 1.81 bits per heavy atom. The highest BCUT2D eigenvalue weighted by molar-refractivity contribution is 9.10. The second-order valence-corrected chi connectivity index (χ2v) is 8.27. The van der Waals surface area contributed by atoms with E-state index in [1.165, 1.54) is 24.6 Å². The SMILES string of the molecule is COC(=O)CCN(Cc1ccccc1)S(=O)(=O)c1cc(Br)ccc1OC. The molecule has 0 fully saturated rings. The Balaban J connectivity index is 2.41. The summed E-state index contributed by atoms with van der Waals surface area (Å²) in [5.74, 6) is -0.233. The zero-order chi connectivity index (χ0) is 19.2. The smallest absolute Gasteiger partial charge is 0.306 e. The first-order chi connectivity index (χ1) is 12.4. The molecule has 0 heterocycles. The number of halogens is 1. The van der Waals surface area contributed by atoms with E-state index in [0.29, 0.717) is 4.47 Å². The fourth-order valence-corrected chi connectivity index (χ4v) is 4.50. The van der Waals surface area contributed by atoms with Crippen LogP contribution in [0.4, 0.5) is 0 Å². The lowest BCUT2D eigenvalue weighted by Crippen LogP contribution is -2.33. The maximum atomic E-state index is 13.2. The molecule has 2 aromatic carbocycles. The Morgan fingerprint density at radius 1 is 1.12 bits per heavy atom. The van der Waals surface area contributed by atoms with Crippen molar-refractivity contribution in [1.82, 2.24) is 4.31 Å². The highest BCUT2D eigenvalue weighted by atomic mass is 79.9. The summed E-state index contributed by atoms with van der Waals surface area (Å²) in [5, 5.41) is 0. The second kappa shape index (κ2) is 9.16. The number of hydrogen-bond acceptors (Lipinski definition) is 5. The fourth-order valence-electron chi connectivity index (χ4n) is 2.38. The van der Waals surface area contributed by atoms with Gasteiger partial charge >= 0.3 is 5.97 Å². The first-order valence-electron chi connectivity index (χ1n) is 7.83. The molecule has 2 aromatic rings. The molecule has 0 spiro atoms. The van der Waals surface area contributed by atoms with E-state index >= 15 is 0 Å². The lowest BCUT2D eigenvalue weighted by atomic mass is 10.2. The molecule has 140 valence electrons. The zero-order valence-electron chi connectivity index (χ0n) is 14.5. The van der Waals surface area contributed by atoms with Gasteiger partial charge < -0.3 is 9.47 Å². The van der Waals surface area contributed by atoms with Gasteiger partial charge in [0.05, 0.1) is 20.6 Å². The molecule has 6 nitrogen and oxygen atoms in total. The Labute approximate surface area is 161 Å². The molecular weight excluding hydrogens is 422 g/mol. The van der Waals surface area contributed by atoms with Crippen molar-refractivity contribution in [2.45, 2.75) is 17.9 Å². The van der Waals surface area contributed by atoms with Gasteiger partial charge in [-0.15, -0.1) is 0 Å². The molecule has 26 heavy (non-hydrogen) atoms. The molecular formula is C18H20BrNO5S. The Kier molecular flexibility index (Phi) is 7.19. The van der Waals surface area contributed by atoms with Crippen LogP contribution in [0.1, 0.15) is 12.0 Å². The van der Waals surface area contributed by atoms with Gasteiger partial charge in [-0.2, -0.15) is 4.31 Å². The predicted octanol–water partition coefficient (Wildman–Crippen LogP) is 3.21. The highest BCUT2D eigenvalue weighted by Crippen LogP contribution is 2.30. The quantitative estimate of drug-likeness (QED) is 0.588. The molecule has 0 unspecified atom stereocenters. The van der Waals surface area contributed by atoms with E-state index in [-0.39, 0.29) is 30.2 Å². The third kappa shape index (κ3) is 5.06. The lowest BCUT2D eigenvalue weighted by molar-refractivity contribution is -0.140. The van der Waals surface area contributed by atoms with Crippen molar-refractivity contribution in [1.29, 1.82) is 0 Å². The summed E-state index contributed by atoms with van der Waals surface area (Å²) in [6.45, 7) is 0.134. The molecule has 0 amide bonds. The van der Waals surface area contributed by atoms with Gasteiger partial charge in [0.2, 0.25) is 10.0 Å². The van der Waals surface area contributed by atoms with Gasteiger partial charge in [-0.1, -0.05) is 46.3 Å². The summed E-state index contributed by atoms with van der Waals surface area (Å²) in [7, 11) is -1.21.